The molecule has 0 aliphatic rings. The highest BCUT2D eigenvalue weighted by molar-refractivity contribution is 6.22. The topological polar surface area (TPSA) is 3.24 Å². The van der Waals surface area contributed by atoms with Gasteiger partial charge in [-0.1, -0.05) is 130 Å². The molecule has 0 aromatic heterocycles. The van der Waals surface area contributed by atoms with Crippen LogP contribution in [0.2, 0.25) is 0 Å². The Morgan fingerprint density at radius 3 is 1.35 bits per heavy atom. The van der Waals surface area contributed by atoms with Gasteiger partial charge in [-0.25, -0.2) is 0 Å². The van der Waals surface area contributed by atoms with Gasteiger partial charge in [0, 0.05) is 17.1 Å². The lowest BCUT2D eigenvalue weighted by Gasteiger charge is -2.27. The van der Waals surface area contributed by atoms with Crippen molar-refractivity contribution in [3.63, 3.8) is 0 Å². The Labute approximate surface area is 292 Å². The lowest BCUT2D eigenvalue weighted by Crippen LogP contribution is -2.09. The summed E-state index contributed by atoms with van der Waals surface area (Å²) in [4.78, 5) is 2.39. The average Bonchev–Trinajstić information content (AvgIpc) is 3.14. The number of fused-ring (bicyclic) bond motifs is 2. The summed E-state index contributed by atoms with van der Waals surface area (Å²) in [6.45, 7) is 9.17. The van der Waals surface area contributed by atoms with E-state index in [2.05, 4.69) is 172 Å². The molecule has 7 rings (SSSR count). The third-order valence-corrected chi connectivity index (χ3v) is 10.2. The van der Waals surface area contributed by atoms with Crippen molar-refractivity contribution in [1.29, 1.82) is 0 Å². The monoisotopic (exact) mass is 637 g/mol. The molecule has 49 heavy (non-hydrogen) atoms. The molecule has 0 aliphatic carbocycles. The highest BCUT2D eigenvalue weighted by Gasteiger charge is 2.22. The average molecular weight is 638 g/mol. The molecule has 1 heteroatoms. The maximum Gasteiger partial charge on any atom is 0.0468 e. The maximum atomic E-state index is 2.47. The number of para-hydroxylation sites is 2. The summed E-state index contributed by atoms with van der Waals surface area (Å²) in [6, 6.07) is 51.7. The molecule has 0 fully saturated rings. The number of nitrogens with zero attached hydrogens (tertiary/aromatic N) is 1. The van der Waals surface area contributed by atoms with Crippen molar-refractivity contribution in [3.8, 4) is 22.3 Å². The molecule has 0 bridgehead atoms. The third-order valence-electron chi connectivity index (χ3n) is 10.2. The fourth-order valence-electron chi connectivity index (χ4n) is 7.73. The molecule has 0 aliphatic heterocycles. The molecule has 0 unspecified atom stereocenters. The summed E-state index contributed by atoms with van der Waals surface area (Å²) in [5, 5.41) is 5.26. The van der Waals surface area contributed by atoms with Crippen LogP contribution in [-0.4, -0.2) is 0 Å². The van der Waals surface area contributed by atoms with Gasteiger partial charge in [0.25, 0.3) is 0 Å². The number of rotatable bonds is 11. The maximum absolute atomic E-state index is 2.47. The van der Waals surface area contributed by atoms with Crippen LogP contribution < -0.4 is 4.90 Å². The number of aryl methyl sites for hydroxylation is 2. The minimum atomic E-state index is 1.08. The first-order chi connectivity index (χ1) is 24.1. The van der Waals surface area contributed by atoms with E-state index >= 15 is 0 Å². The first kappa shape index (κ1) is 32.4. The van der Waals surface area contributed by atoms with Gasteiger partial charge in [-0.05, 0) is 142 Å². The summed E-state index contributed by atoms with van der Waals surface area (Å²) in [5.74, 6) is 0. The Hall–Kier alpha value is -5.14. The van der Waals surface area contributed by atoms with E-state index in [4.69, 9.17) is 0 Å². The van der Waals surface area contributed by atoms with E-state index in [1.807, 2.05) is 0 Å². The number of hydrogen-bond acceptors (Lipinski definition) is 1. The van der Waals surface area contributed by atoms with Gasteiger partial charge in [-0.15, -0.1) is 0 Å². The standard InChI is InChI=1S/C48H47N/c1-5-7-25-39-34(3)19-17-29-41(39)47-43-27-15-16-28-44(43)48(42-30-18-20-35(4)40(42)26-8-6-2)46-33-38(31-32-45(46)47)49(36-21-11-9-12-22-36)37-23-13-10-14-24-37/h9-24,27-33H,5-8,25-26H2,1-4H3. The third kappa shape index (κ3) is 6.27. The van der Waals surface area contributed by atoms with Crippen molar-refractivity contribution in [2.24, 2.45) is 0 Å². The van der Waals surface area contributed by atoms with Crippen LogP contribution >= 0.6 is 0 Å². The van der Waals surface area contributed by atoms with Crippen LogP contribution in [0.25, 0.3) is 43.8 Å². The molecule has 7 aromatic carbocycles. The van der Waals surface area contributed by atoms with E-state index in [1.165, 1.54) is 91.7 Å². The summed E-state index contributed by atoms with van der Waals surface area (Å²) >= 11 is 0. The van der Waals surface area contributed by atoms with E-state index in [0.29, 0.717) is 0 Å². The normalized spacial score (nSPS) is 11.3. The highest BCUT2D eigenvalue weighted by atomic mass is 15.1. The Morgan fingerprint density at radius 1 is 0.408 bits per heavy atom. The fourth-order valence-corrected chi connectivity index (χ4v) is 7.73. The van der Waals surface area contributed by atoms with Crippen LogP contribution in [-0.2, 0) is 12.8 Å². The van der Waals surface area contributed by atoms with Gasteiger partial charge in [-0.2, -0.15) is 0 Å². The first-order valence-electron chi connectivity index (χ1n) is 18.2. The van der Waals surface area contributed by atoms with Crippen molar-refractivity contribution >= 4 is 38.6 Å². The summed E-state index contributed by atoms with van der Waals surface area (Å²) < 4.78 is 0. The zero-order valence-corrected chi connectivity index (χ0v) is 29.5. The van der Waals surface area contributed by atoms with Gasteiger partial charge in [0.05, 0.1) is 0 Å². The van der Waals surface area contributed by atoms with Gasteiger partial charge >= 0.3 is 0 Å². The molecular formula is C48H47N. The minimum Gasteiger partial charge on any atom is -0.310 e. The Morgan fingerprint density at radius 2 is 0.857 bits per heavy atom. The van der Waals surface area contributed by atoms with Crippen molar-refractivity contribution in [2.45, 2.75) is 66.2 Å². The Kier molecular flexibility index (Phi) is 9.62. The predicted octanol–water partition coefficient (Wildman–Crippen LogP) is 14.1. The van der Waals surface area contributed by atoms with Crippen LogP contribution in [0.4, 0.5) is 17.1 Å². The second kappa shape index (κ2) is 14.5. The number of benzene rings is 7. The van der Waals surface area contributed by atoms with Gasteiger partial charge in [-0.3, -0.25) is 0 Å². The van der Waals surface area contributed by atoms with Crippen molar-refractivity contribution in [1.82, 2.24) is 0 Å². The molecule has 0 atom stereocenters. The fraction of sp³-hybridized carbons (Fsp3) is 0.208. The van der Waals surface area contributed by atoms with E-state index in [1.54, 1.807) is 0 Å². The van der Waals surface area contributed by atoms with Crippen LogP contribution in [0.15, 0.2) is 140 Å². The van der Waals surface area contributed by atoms with Gasteiger partial charge in [0.2, 0.25) is 0 Å². The molecule has 0 N–H and O–H groups in total. The van der Waals surface area contributed by atoms with Crippen LogP contribution in [0, 0.1) is 13.8 Å². The van der Waals surface area contributed by atoms with E-state index in [-0.39, 0.29) is 0 Å². The molecule has 0 saturated carbocycles. The molecule has 1 nitrogen and oxygen atoms in total. The zero-order valence-electron chi connectivity index (χ0n) is 29.5. The van der Waals surface area contributed by atoms with E-state index < -0.39 is 0 Å². The molecular weight excluding hydrogens is 591 g/mol. The van der Waals surface area contributed by atoms with Gasteiger partial charge < -0.3 is 4.90 Å². The van der Waals surface area contributed by atoms with E-state index in [9.17, 15) is 0 Å². The SMILES string of the molecule is CCCCc1c(C)cccc1-c1c2ccccc2c(-c2cccc(C)c2CCCC)c2cc(N(c3ccccc3)c3ccccc3)ccc12. The molecule has 0 amide bonds. The van der Waals surface area contributed by atoms with Crippen molar-refractivity contribution in [2.75, 3.05) is 4.90 Å². The molecule has 7 aromatic rings. The smallest absolute Gasteiger partial charge is 0.0468 e. The lowest BCUT2D eigenvalue weighted by molar-refractivity contribution is 0.792. The first-order valence-corrected chi connectivity index (χ1v) is 18.2. The van der Waals surface area contributed by atoms with Crippen LogP contribution in [0.3, 0.4) is 0 Å². The van der Waals surface area contributed by atoms with Crippen molar-refractivity contribution in [3.05, 3.63) is 162 Å². The van der Waals surface area contributed by atoms with Crippen LogP contribution in [0.5, 0.6) is 0 Å². The second-order valence-corrected chi connectivity index (χ2v) is 13.4. The number of anilines is 3. The quantitative estimate of drug-likeness (QED) is 0.128. The minimum absolute atomic E-state index is 1.08. The molecule has 0 saturated heterocycles. The Balaban J connectivity index is 1.62. The predicted molar refractivity (Wildman–Crippen MR) is 214 cm³/mol. The highest BCUT2D eigenvalue weighted by Crippen LogP contribution is 2.48. The molecule has 0 heterocycles. The van der Waals surface area contributed by atoms with Crippen molar-refractivity contribution < 1.29 is 0 Å². The largest absolute Gasteiger partial charge is 0.310 e. The van der Waals surface area contributed by atoms with Gasteiger partial charge in [0.1, 0.15) is 0 Å². The molecule has 0 spiro atoms. The second-order valence-electron chi connectivity index (χ2n) is 13.4. The van der Waals surface area contributed by atoms with Crippen LogP contribution in [0.1, 0.15) is 61.8 Å². The van der Waals surface area contributed by atoms with E-state index in [0.717, 1.165) is 29.9 Å². The Bertz CT molecular complexity index is 2170. The molecule has 244 valence electrons. The summed E-state index contributed by atoms with van der Waals surface area (Å²) in [5.41, 5.74) is 14.6. The lowest BCUT2D eigenvalue weighted by atomic mass is 9.81. The van der Waals surface area contributed by atoms with Gasteiger partial charge in [0.15, 0.2) is 0 Å². The summed E-state index contributed by atoms with van der Waals surface area (Å²) in [6.07, 6.45) is 6.88. The number of hydrogen-bond donors (Lipinski definition) is 0. The molecule has 0 radical (unpaired) electrons. The zero-order chi connectivity index (χ0) is 33.7. The number of unbranched alkanes of at least 4 members (excludes halogenated alkanes) is 2. The summed E-state index contributed by atoms with van der Waals surface area (Å²) in [7, 11) is 0.